The number of H-pyrrole nitrogens is 1. The molecule has 2 aliphatic carbocycles. The van der Waals surface area contributed by atoms with Gasteiger partial charge < -0.3 is 23.8 Å². The minimum atomic E-state index is -0.409. The zero-order valence-corrected chi connectivity index (χ0v) is 32.7. The molecule has 57 heavy (non-hydrogen) atoms. The number of nitrogens with one attached hydrogen (secondary N) is 2. The third kappa shape index (κ3) is 7.69. The van der Waals surface area contributed by atoms with E-state index in [9.17, 15) is 9.59 Å². The third-order valence-electron chi connectivity index (χ3n) is 13.1. The van der Waals surface area contributed by atoms with Crippen molar-refractivity contribution in [1.29, 1.82) is 0 Å². The molecule has 3 saturated heterocycles. The predicted molar refractivity (Wildman–Crippen MR) is 217 cm³/mol. The van der Waals surface area contributed by atoms with Crippen molar-refractivity contribution in [1.82, 2.24) is 39.9 Å². The van der Waals surface area contributed by atoms with Gasteiger partial charge in [0.2, 0.25) is 11.8 Å². The number of piperidine rings is 2. The van der Waals surface area contributed by atoms with Crippen LogP contribution in [-0.2, 0) is 14.3 Å². The van der Waals surface area contributed by atoms with Gasteiger partial charge in [0.25, 0.3) is 0 Å². The summed E-state index contributed by atoms with van der Waals surface area (Å²) < 4.78 is 14.9. The molecular formula is C43H52N10O4. The van der Waals surface area contributed by atoms with E-state index in [2.05, 4.69) is 76.4 Å². The van der Waals surface area contributed by atoms with Crippen LogP contribution in [0.15, 0.2) is 55.1 Å². The van der Waals surface area contributed by atoms with Crippen LogP contribution in [0.25, 0.3) is 33.3 Å². The fourth-order valence-corrected chi connectivity index (χ4v) is 9.37. The lowest BCUT2D eigenvalue weighted by Crippen LogP contribution is -2.48. The molecule has 2 saturated carbocycles. The van der Waals surface area contributed by atoms with E-state index in [0.29, 0.717) is 25.0 Å². The summed E-state index contributed by atoms with van der Waals surface area (Å²) in [5, 5.41) is 11.3. The molecular weight excluding hydrogens is 721 g/mol. The van der Waals surface area contributed by atoms with Gasteiger partial charge in [-0.1, -0.05) is 0 Å². The Hall–Kier alpha value is -5.08. The highest BCUT2D eigenvalue weighted by atomic mass is 16.5. The molecule has 2 aromatic carbocycles. The first-order valence-corrected chi connectivity index (χ1v) is 21.0. The number of amides is 2. The maximum atomic E-state index is 12.6. The lowest BCUT2D eigenvalue weighted by Gasteiger charge is -2.39. The molecule has 1 atom stereocenters. The molecule has 3 aliphatic heterocycles. The Morgan fingerprint density at radius 3 is 2.42 bits per heavy atom. The van der Waals surface area contributed by atoms with Crippen molar-refractivity contribution in [3.05, 3.63) is 55.1 Å². The van der Waals surface area contributed by atoms with Gasteiger partial charge in [-0.05, 0) is 107 Å². The average molecular weight is 773 g/mol. The minimum Gasteiger partial charge on any atom is -0.488 e. The van der Waals surface area contributed by atoms with Crippen molar-refractivity contribution in [3.63, 3.8) is 0 Å². The van der Waals surface area contributed by atoms with Crippen LogP contribution in [0.5, 0.6) is 5.75 Å². The summed E-state index contributed by atoms with van der Waals surface area (Å²) in [5.41, 5.74) is 5.52. The van der Waals surface area contributed by atoms with Crippen molar-refractivity contribution < 1.29 is 19.1 Å². The molecule has 14 nitrogen and oxygen atoms in total. The number of imidazole rings is 1. The van der Waals surface area contributed by atoms with Crippen LogP contribution in [0.3, 0.4) is 0 Å². The molecule has 2 amide bonds. The highest BCUT2D eigenvalue weighted by Crippen LogP contribution is 2.41. The first kappa shape index (κ1) is 36.3. The topological polar surface area (TPSA) is 147 Å². The van der Waals surface area contributed by atoms with Crippen molar-refractivity contribution >= 4 is 45.3 Å². The summed E-state index contributed by atoms with van der Waals surface area (Å²) in [5.74, 6) is 2.09. The highest BCUT2D eigenvalue weighted by molar-refractivity contribution is 6.00. The molecule has 298 valence electrons. The standard InChI is InChI=1S/C43H52N10O4/c1-43(14-15-43)57-32-7-9-34-33(23-32)41(49-48-34)36-24-39(45-26-44-36)52-20-18-50(19-21-52)25-28-2-5-30(6-3-28)56-31-12-16-51(17-13-31)29-4-8-35-38(22-29)53(27-46-35)37-10-11-40(54)47-42(37)55/h4,7-9,22-24,26-28,30-31,37H,2-3,5-6,10-21,25H2,1H3,(H,48,49)(H,47,54,55). The van der Waals surface area contributed by atoms with Gasteiger partial charge in [-0.2, -0.15) is 5.10 Å². The van der Waals surface area contributed by atoms with E-state index < -0.39 is 6.04 Å². The number of carbonyl (C=O) groups excluding carboxylic acids is 2. The number of nitrogens with zero attached hydrogens (tertiary/aromatic N) is 8. The molecule has 5 fully saturated rings. The minimum absolute atomic E-state index is 0.0354. The fourth-order valence-electron chi connectivity index (χ4n) is 9.37. The van der Waals surface area contributed by atoms with Gasteiger partial charge in [-0.15, -0.1) is 0 Å². The van der Waals surface area contributed by atoms with E-state index in [4.69, 9.17) is 9.47 Å². The molecule has 10 rings (SSSR count). The number of carbonyl (C=O) groups is 2. The van der Waals surface area contributed by atoms with Crippen molar-refractivity contribution in [3.8, 4) is 17.1 Å². The monoisotopic (exact) mass is 772 g/mol. The number of piperazine rings is 1. The fraction of sp³-hybridized carbons (Fsp3) is 0.535. The summed E-state index contributed by atoms with van der Waals surface area (Å²) in [7, 11) is 0. The number of anilines is 2. The van der Waals surface area contributed by atoms with E-state index in [0.717, 1.165) is 141 Å². The molecule has 0 bridgehead atoms. The number of imide groups is 1. The molecule has 6 heterocycles. The number of ether oxygens (including phenoxy) is 2. The van der Waals surface area contributed by atoms with Gasteiger partial charge in [-0.3, -0.25) is 24.9 Å². The normalized spacial score (nSPS) is 24.6. The average Bonchev–Trinajstić information content (AvgIpc) is 3.58. The molecule has 2 N–H and O–H groups in total. The number of hydrogen-bond acceptors (Lipinski definition) is 11. The quantitative estimate of drug-likeness (QED) is 0.170. The second-order valence-corrected chi connectivity index (χ2v) is 17.1. The van der Waals surface area contributed by atoms with Crippen molar-refractivity contribution in [2.75, 3.05) is 55.6 Å². The highest BCUT2D eigenvalue weighted by Gasteiger charge is 2.40. The second kappa shape index (κ2) is 15.0. The maximum Gasteiger partial charge on any atom is 0.249 e. The van der Waals surface area contributed by atoms with E-state index in [1.807, 2.05) is 22.8 Å². The number of aromatic amines is 1. The first-order chi connectivity index (χ1) is 27.8. The lowest BCUT2D eigenvalue weighted by atomic mass is 9.86. The third-order valence-corrected chi connectivity index (χ3v) is 13.1. The molecule has 1 unspecified atom stereocenters. The Morgan fingerprint density at radius 2 is 1.63 bits per heavy atom. The summed E-state index contributed by atoms with van der Waals surface area (Å²) in [6.07, 6.45) is 13.8. The lowest BCUT2D eigenvalue weighted by molar-refractivity contribution is -0.135. The molecule has 5 aromatic rings. The Bertz CT molecular complexity index is 2260. The largest absolute Gasteiger partial charge is 0.488 e. The number of hydrogen-bond donors (Lipinski definition) is 2. The summed E-state index contributed by atoms with van der Waals surface area (Å²) in [6.45, 7) is 9.16. The number of aromatic nitrogens is 6. The molecule has 0 spiro atoms. The molecule has 14 heteroatoms. The Kier molecular flexibility index (Phi) is 9.56. The summed E-state index contributed by atoms with van der Waals surface area (Å²) in [4.78, 5) is 45.5. The van der Waals surface area contributed by atoms with Gasteiger partial charge in [0, 0.05) is 69.4 Å². The molecule has 3 aromatic heterocycles. The first-order valence-electron chi connectivity index (χ1n) is 21.0. The van der Waals surface area contributed by atoms with Gasteiger partial charge in [0.15, 0.2) is 0 Å². The van der Waals surface area contributed by atoms with E-state index in [-0.39, 0.29) is 17.4 Å². The maximum absolute atomic E-state index is 12.6. The van der Waals surface area contributed by atoms with E-state index in [1.165, 1.54) is 12.8 Å². The van der Waals surface area contributed by atoms with E-state index >= 15 is 0 Å². The Balaban J connectivity index is 0.673. The number of rotatable bonds is 10. The second-order valence-electron chi connectivity index (χ2n) is 17.1. The van der Waals surface area contributed by atoms with Crippen LogP contribution >= 0.6 is 0 Å². The van der Waals surface area contributed by atoms with Gasteiger partial charge >= 0.3 is 0 Å². The zero-order chi connectivity index (χ0) is 38.5. The summed E-state index contributed by atoms with van der Waals surface area (Å²) >= 11 is 0. The Morgan fingerprint density at radius 1 is 0.825 bits per heavy atom. The van der Waals surface area contributed by atoms with Crippen LogP contribution in [0.2, 0.25) is 0 Å². The van der Waals surface area contributed by atoms with Crippen LogP contribution in [-0.4, -0.2) is 110 Å². The van der Waals surface area contributed by atoms with Crippen LogP contribution in [0, 0.1) is 5.92 Å². The van der Waals surface area contributed by atoms with Crippen LogP contribution in [0.1, 0.15) is 77.2 Å². The molecule has 0 radical (unpaired) electrons. The zero-order valence-electron chi connectivity index (χ0n) is 32.7. The SMILES string of the molecule is CC1(Oc2ccc3[nH]nc(-c4cc(N5CCN(CC6CCC(OC7CCN(c8ccc9ncn(C%10CCC(=O)NC%10=O)c9c8)CC7)CC6)CC5)ncn4)c3c2)CC1. The van der Waals surface area contributed by atoms with Crippen molar-refractivity contribution in [2.45, 2.75) is 95.0 Å². The molecule has 5 aliphatic rings. The van der Waals surface area contributed by atoms with Gasteiger partial charge in [-0.25, -0.2) is 15.0 Å². The van der Waals surface area contributed by atoms with Gasteiger partial charge in [0.1, 0.15) is 35.2 Å². The van der Waals surface area contributed by atoms with E-state index in [1.54, 1.807) is 12.7 Å². The van der Waals surface area contributed by atoms with Crippen LogP contribution < -0.4 is 19.9 Å². The summed E-state index contributed by atoms with van der Waals surface area (Å²) in [6, 6.07) is 14.1. The number of benzene rings is 2. The number of fused-ring (bicyclic) bond motifs is 2. The van der Waals surface area contributed by atoms with Gasteiger partial charge in [0.05, 0.1) is 40.8 Å². The Labute approximate surface area is 332 Å². The van der Waals surface area contributed by atoms with Crippen LogP contribution in [0.4, 0.5) is 11.5 Å². The smallest absolute Gasteiger partial charge is 0.249 e. The van der Waals surface area contributed by atoms with Crippen molar-refractivity contribution in [2.24, 2.45) is 5.92 Å². The predicted octanol–water partition coefficient (Wildman–Crippen LogP) is 5.65.